The Morgan fingerprint density at radius 1 is 1.21 bits per heavy atom. The van der Waals surface area contributed by atoms with Crippen molar-refractivity contribution in [1.82, 2.24) is 5.32 Å². The van der Waals surface area contributed by atoms with Crippen LogP contribution in [0.2, 0.25) is 0 Å². The predicted octanol–water partition coefficient (Wildman–Crippen LogP) is 3.73. The number of aryl methyl sites for hydroxylation is 1. The van der Waals surface area contributed by atoms with E-state index in [2.05, 4.69) is 5.32 Å². The van der Waals surface area contributed by atoms with Gasteiger partial charge in [0.15, 0.2) is 0 Å². The number of benzene rings is 2. The summed E-state index contributed by atoms with van der Waals surface area (Å²) in [5.41, 5.74) is 3.21. The van der Waals surface area contributed by atoms with E-state index in [1.165, 1.54) is 11.4 Å². The molecule has 2 aromatic rings. The molecule has 0 unspecified atom stereocenters. The first-order chi connectivity index (χ1) is 13.4. The highest BCUT2D eigenvalue weighted by atomic mass is 32.2. The van der Waals surface area contributed by atoms with Gasteiger partial charge in [-0.25, -0.2) is 8.42 Å². The number of fused-ring (bicyclic) bond motifs is 1. The van der Waals surface area contributed by atoms with Gasteiger partial charge in [-0.2, -0.15) is 0 Å². The van der Waals surface area contributed by atoms with Crippen molar-refractivity contribution >= 4 is 21.6 Å². The third-order valence-electron chi connectivity index (χ3n) is 5.31. The van der Waals surface area contributed by atoms with Crippen molar-refractivity contribution in [2.75, 3.05) is 17.6 Å². The van der Waals surface area contributed by atoms with Gasteiger partial charge in [0, 0.05) is 24.6 Å². The maximum absolute atomic E-state index is 13.1. The van der Waals surface area contributed by atoms with E-state index < -0.39 is 15.6 Å². The minimum atomic E-state index is -3.42. The zero-order valence-corrected chi connectivity index (χ0v) is 18.6. The second kappa shape index (κ2) is 7.37. The molecule has 1 heterocycles. The van der Waals surface area contributed by atoms with Crippen molar-refractivity contribution in [1.29, 1.82) is 0 Å². The molecular weight excluding hydrogens is 388 g/mol. The first-order valence-corrected chi connectivity index (χ1v) is 11.4. The van der Waals surface area contributed by atoms with Crippen LogP contribution in [0.4, 0.5) is 5.69 Å². The Kier molecular flexibility index (Phi) is 5.38. The third-order valence-corrected chi connectivity index (χ3v) is 6.51. The van der Waals surface area contributed by atoms with E-state index in [1.807, 2.05) is 39.0 Å². The van der Waals surface area contributed by atoms with Crippen molar-refractivity contribution in [2.45, 2.75) is 45.8 Å². The van der Waals surface area contributed by atoms with Gasteiger partial charge < -0.3 is 10.1 Å². The SMILES string of the molecule is Cc1ccc2c(c1)[C@H](NC(=O)c1cccc(N(C)S(C)(=O)=O)c1C)CC(C)(C)O2. The highest BCUT2D eigenvalue weighted by Gasteiger charge is 2.35. The lowest BCUT2D eigenvalue weighted by atomic mass is 9.88. The lowest BCUT2D eigenvalue weighted by Crippen LogP contribution is -2.41. The Morgan fingerprint density at radius 2 is 1.90 bits per heavy atom. The summed E-state index contributed by atoms with van der Waals surface area (Å²) in [6.07, 6.45) is 1.78. The van der Waals surface area contributed by atoms with Crippen LogP contribution in [0.5, 0.6) is 5.75 Å². The molecule has 6 nitrogen and oxygen atoms in total. The second-order valence-corrected chi connectivity index (χ2v) is 10.3. The summed E-state index contributed by atoms with van der Waals surface area (Å²) >= 11 is 0. The number of hydrogen-bond acceptors (Lipinski definition) is 4. The van der Waals surface area contributed by atoms with E-state index in [0.29, 0.717) is 23.2 Å². The van der Waals surface area contributed by atoms with Crippen LogP contribution in [0.3, 0.4) is 0 Å². The molecule has 0 saturated heterocycles. The molecular formula is C22H28N2O4S. The van der Waals surface area contributed by atoms with Crippen LogP contribution in [-0.2, 0) is 10.0 Å². The molecule has 0 aromatic heterocycles. The number of carbonyl (C=O) groups is 1. The Morgan fingerprint density at radius 3 is 2.55 bits per heavy atom. The lowest BCUT2D eigenvalue weighted by Gasteiger charge is -2.38. The number of rotatable bonds is 4. The smallest absolute Gasteiger partial charge is 0.252 e. The van der Waals surface area contributed by atoms with E-state index in [0.717, 1.165) is 23.1 Å². The average Bonchev–Trinajstić information content (AvgIpc) is 2.60. The fourth-order valence-corrected chi connectivity index (χ4v) is 4.28. The highest BCUT2D eigenvalue weighted by molar-refractivity contribution is 7.92. The normalized spacial score (nSPS) is 17.8. The molecule has 0 bridgehead atoms. The van der Waals surface area contributed by atoms with Crippen molar-refractivity contribution in [3.8, 4) is 5.75 Å². The maximum Gasteiger partial charge on any atom is 0.252 e. The second-order valence-electron chi connectivity index (χ2n) is 8.31. The zero-order valence-electron chi connectivity index (χ0n) is 17.7. The van der Waals surface area contributed by atoms with E-state index in [-0.39, 0.29) is 11.9 Å². The Bertz CT molecular complexity index is 1060. The lowest BCUT2D eigenvalue weighted by molar-refractivity contribution is 0.0619. The molecule has 1 N–H and O–H groups in total. The molecule has 0 fully saturated rings. The van der Waals surface area contributed by atoms with Crippen molar-refractivity contribution in [3.05, 3.63) is 58.7 Å². The van der Waals surface area contributed by atoms with Gasteiger partial charge in [0.05, 0.1) is 18.0 Å². The van der Waals surface area contributed by atoms with Gasteiger partial charge in [-0.05, 0) is 51.5 Å². The van der Waals surface area contributed by atoms with Crippen LogP contribution in [0.25, 0.3) is 0 Å². The molecule has 1 atom stereocenters. The highest BCUT2D eigenvalue weighted by Crippen LogP contribution is 2.40. The molecule has 1 aliphatic heterocycles. The van der Waals surface area contributed by atoms with E-state index in [1.54, 1.807) is 25.1 Å². The number of anilines is 1. The summed E-state index contributed by atoms with van der Waals surface area (Å²) in [6.45, 7) is 7.77. The van der Waals surface area contributed by atoms with Crippen LogP contribution < -0.4 is 14.4 Å². The fraction of sp³-hybridized carbons (Fsp3) is 0.409. The molecule has 0 spiro atoms. The topological polar surface area (TPSA) is 75.7 Å². The molecule has 1 amide bonds. The predicted molar refractivity (Wildman–Crippen MR) is 115 cm³/mol. The van der Waals surface area contributed by atoms with Gasteiger partial charge in [0.2, 0.25) is 10.0 Å². The van der Waals surface area contributed by atoms with Crippen molar-refractivity contribution in [2.24, 2.45) is 0 Å². The number of hydrogen-bond donors (Lipinski definition) is 1. The number of nitrogens with one attached hydrogen (secondary N) is 1. The Balaban J connectivity index is 1.95. The van der Waals surface area contributed by atoms with Crippen LogP contribution >= 0.6 is 0 Å². The molecule has 2 aromatic carbocycles. The van der Waals surface area contributed by atoms with Crippen molar-refractivity contribution < 1.29 is 17.9 Å². The van der Waals surface area contributed by atoms with Crippen LogP contribution in [0.15, 0.2) is 36.4 Å². The Hall–Kier alpha value is -2.54. The maximum atomic E-state index is 13.1. The standard InChI is InChI=1S/C22H28N2O4S/c1-14-10-11-20-17(12-14)18(13-22(3,4)28-20)23-21(25)16-8-7-9-19(15(16)2)24(5)29(6,26)27/h7-12,18H,13H2,1-6H3,(H,23,25)/t18-/m1/s1. The largest absolute Gasteiger partial charge is 0.487 e. The number of sulfonamides is 1. The van der Waals surface area contributed by atoms with Gasteiger partial charge in [0.1, 0.15) is 11.4 Å². The molecule has 29 heavy (non-hydrogen) atoms. The van der Waals surface area contributed by atoms with Gasteiger partial charge in [-0.1, -0.05) is 23.8 Å². The van der Waals surface area contributed by atoms with E-state index in [9.17, 15) is 13.2 Å². The summed E-state index contributed by atoms with van der Waals surface area (Å²) < 4.78 is 31.1. The fourth-order valence-electron chi connectivity index (χ4n) is 3.73. The first-order valence-electron chi connectivity index (χ1n) is 9.53. The van der Waals surface area contributed by atoms with Gasteiger partial charge in [-0.15, -0.1) is 0 Å². The quantitative estimate of drug-likeness (QED) is 0.824. The molecule has 1 aliphatic rings. The summed E-state index contributed by atoms with van der Waals surface area (Å²) in [5.74, 6) is 0.542. The molecule has 156 valence electrons. The molecule has 0 saturated carbocycles. The molecule has 0 aliphatic carbocycles. The number of nitrogens with zero attached hydrogens (tertiary/aromatic N) is 1. The summed E-state index contributed by atoms with van der Waals surface area (Å²) in [4.78, 5) is 13.1. The monoisotopic (exact) mass is 416 g/mol. The number of ether oxygens (including phenoxy) is 1. The van der Waals surface area contributed by atoms with Gasteiger partial charge >= 0.3 is 0 Å². The van der Waals surface area contributed by atoms with Gasteiger partial charge in [-0.3, -0.25) is 9.10 Å². The van der Waals surface area contributed by atoms with Gasteiger partial charge in [0.25, 0.3) is 5.91 Å². The van der Waals surface area contributed by atoms with Crippen LogP contribution in [-0.4, -0.2) is 33.2 Å². The number of carbonyl (C=O) groups excluding carboxylic acids is 1. The van der Waals surface area contributed by atoms with E-state index in [4.69, 9.17) is 4.74 Å². The summed E-state index contributed by atoms with van der Waals surface area (Å²) in [7, 11) is -1.94. The summed E-state index contributed by atoms with van der Waals surface area (Å²) in [5, 5.41) is 3.13. The van der Waals surface area contributed by atoms with E-state index >= 15 is 0 Å². The molecule has 3 rings (SSSR count). The number of amides is 1. The molecule has 0 radical (unpaired) electrons. The zero-order chi connectivity index (χ0) is 21.6. The summed E-state index contributed by atoms with van der Waals surface area (Å²) in [6, 6.07) is 10.9. The minimum Gasteiger partial charge on any atom is -0.487 e. The van der Waals surface area contributed by atoms with Crippen molar-refractivity contribution in [3.63, 3.8) is 0 Å². The molecule has 7 heteroatoms. The Labute approximate surface area is 172 Å². The third kappa shape index (κ3) is 4.40. The minimum absolute atomic E-state index is 0.197. The first kappa shape index (κ1) is 21.2. The average molecular weight is 417 g/mol. The van der Waals surface area contributed by atoms with Crippen LogP contribution in [0, 0.1) is 13.8 Å². The van der Waals surface area contributed by atoms with Crippen LogP contribution in [0.1, 0.15) is 53.4 Å².